The van der Waals surface area contributed by atoms with Crippen LogP contribution in [0.25, 0.3) is 0 Å². The van der Waals surface area contributed by atoms with Gasteiger partial charge >= 0.3 is 6.03 Å². The van der Waals surface area contributed by atoms with E-state index >= 15 is 0 Å². The number of nitrogens with one attached hydrogen (secondary N) is 4. The number of amides is 5. The number of likely N-dealkylation sites (tertiary alicyclic amines) is 1. The number of urea groups is 1. The van der Waals surface area contributed by atoms with Crippen molar-refractivity contribution in [1.82, 2.24) is 26.2 Å². The molecule has 2 unspecified atom stereocenters. The summed E-state index contributed by atoms with van der Waals surface area (Å²) in [6.45, 7) is 16.9. The van der Waals surface area contributed by atoms with Gasteiger partial charge in [-0.25, -0.2) is 13.2 Å². The van der Waals surface area contributed by atoms with Gasteiger partial charge in [0.15, 0.2) is 9.84 Å². The summed E-state index contributed by atoms with van der Waals surface area (Å²) in [7, 11) is -3.57. The summed E-state index contributed by atoms with van der Waals surface area (Å²) in [6.07, 6.45) is 9.81. The van der Waals surface area contributed by atoms with Gasteiger partial charge in [-0.05, 0) is 69.1 Å². The predicted octanol–water partition coefficient (Wildman–Crippen LogP) is 3.09. The molecule has 0 aromatic rings. The Kier molecular flexibility index (Phi) is 12.3. The zero-order valence-electron chi connectivity index (χ0n) is 31.0. The predicted molar refractivity (Wildman–Crippen MR) is 189 cm³/mol. The topological polar surface area (TPSA) is 171 Å². The number of hydrogen-bond acceptors (Lipinski definition) is 7. The Morgan fingerprint density at radius 1 is 0.980 bits per heavy atom. The molecule has 0 bridgehead atoms. The largest absolute Gasteiger partial charge is 0.349 e. The summed E-state index contributed by atoms with van der Waals surface area (Å²) in [4.78, 5) is 69.3. The molecule has 2 aliphatic carbocycles. The third kappa shape index (κ3) is 9.16. The van der Waals surface area contributed by atoms with Crippen LogP contribution in [0.4, 0.5) is 4.79 Å². The number of carbonyl (C=O) groups is 5. The minimum atomic E-state index is -3.57. The van der Waals surface area contributed by atoms with Crippen LogP contribution in [0.15, 0.2) is 0 Å². The lowest BCUT2D eigenvalue weighted by molar-refractivity contribution is -0.145. The quantitative estimate of drug-likeness (QED) is 0.169. The van der Waals surface area contributed by atoms with Gasteiger partial charge in [-0.15, -0.1) is 12.3 Å². The number of terminal acetylenes is 1. The fraction of sp³-hybridized carbons (Fsp3) is 0.806. The summed E-state index contributed by atoms with van der Waals surface area (Å²) in [5.41, 5.74) is -1.98. The maximum Gasteiger partial charge on any atom is 0.315 e. The molecule has 12 nitrogen and oxygen atoms in total. The first-order valence-electron chi connectivity index (χ1n) is 17.7. The molecule has 0 aromatic heterocycles. The molecular weight excluding hydrogens is 646 g/mol. The van der Waals surface area contributed by atoms with Crippen molar-refractivity contribution in [2.75, 3.05) is 18.8 Å². The fourth-order valence-electron chi connectivity index (χ4n) is 7.39. The van der Waals surface area contributed by atoms with Gasteiger partial charge in [-0.3, -0.25) is 19.2 Å². The van der Waals surface area contributed by atoms with Gasteiger partial charge in [-0.1, -0.05) is 60.8 Å². The maximum atomic E-state index is 14.4. The molecule has 0 aromatic carbocycles. The van der Waals surface area contributed by atoms with Crippen LogP contribution in [0.5, 0.6) is 0 Å². The molecule has 5 amide bonds. The van der Waals surface area contributed by atoms with E-state index in [4.69, 9.17) is 6.42 Å². The zero-order chi connectivity index (χ0) is 37.2. The van der Waals surface area contributed by atoms with Crippen molar-refractivity contribution in [3.05, 3.63) is 0 Å². The van der Waals surface area contributed by atoms with Crippen molar-refractivity contribution in [3.8, 4) is 12.3 Å². The number of fused-ring (bicyclic) bond motifs is 1. The van der Waals surface area contributed by atoms with Gasteiger partial charge in [0.1, 0.15) is 12.1 Å². The smallest absolute Gasteiger partial charge is 0.315 e. The average molecular weight is 706 g/mol. The van der Waals surface area contributed by atoms with Crippen LogP contribution in [-0.2, 0) is 29.0 Å². The number of Topliss-reactive ketones (excluding diaryl/α,β-unsaturated/α-hetero) is 1. The Hall–Kier alpha value is -3.14. The van der Waals surface area contributed by atoms with Gasteiger partial charge in [-0.2, -0.15) is 0 Å². The van der Waals surface area contributed by atoms with Gasteiger partial charge < -0.3 is 26.2 Å². The lowest BCUT2D eigenvalue weighted by atomic mass is 9.83. The van der Waals surface area contributed by atoms with E-state index in [-0.39, 0.29) is 42.4 Å². The highest BCUT2D eigenvalue weighted by atomic mass is 32.2. The van der Waals surface area contributed by atoms with E-state index in [0.717, 1.165) is 19.3 Å². The Balaban J connectivity index is 1.86. The Labute approximate surface area is 293 Å². The van der Waals surface area contributed by atoms with Crippen LogP contribution in [0.1, 0.15) is 114 Å². The number of sulfone groups is 1. The van der Waals surface area contributed by atoms with Crippen LogP contribution in [0.2, 0.25) is 0 Å². The summed E-state index contributed by atoms with van der Waals surface area (Å²) < 4.78 is 25.6. The molecule has 2 saturated carbocycles. The Bertz CT molecular complexity index is 1430. The highest BCUT2D eigenvalue weighted by Crippen LogP contribution is 2.65. The first kappa shape index (κ1) is 40.3. The molecule has 0 radical (unpaired) electrons. The third-order valence-electron chi connectivity index (χ3n) is 10.7. The Morgan fingerprint density at radius 2 is 1.59 bits per heavy atom. The highest BCUT2D eigenvalue weighted by molar-refractivity contribution is 7.92. The molecule has 1 aliphatic heterocycles. The van der Waals surface area contributed by atoms with Crippen LogP contribution >= 0.6 is 0 Å². The minimum absolute atomic E-state index is 0.0301. The second kappa shape index (κ2) is 15.0. The Morgan fingerprint density at radius 3 is 2.12 bits per heavy atom. The molecule has 5 atom stereocenters. The molecule has 3 rings (SSSR count). The molecule has 0 spiro atoms. The fourth-order valence-corrected chi connectivity index (χ4v) is 8.91. The van der Waals surface area contributed by atoms with Crippen molar-refractivity contribution in [3.63, 3.8) is 0 Å². The summed E-state index contributed by atoms with van der Waals surface area (Å²) in [5.74, 6) is -0.489. The van der Waals surface area contributed by atoms with E-state index in [2.05, 4.69) is 27.2 Å². The van der Waals surface area contributed by atoms with E-state index in [1.807, 2.05) is 41.5 Å². The molecule has 276 valence electrons. The van der Waals surface area contributed by atoms with E-state index in [0.29, 0.717) is 25.8 Å². The molecule has 3 aliphatic rings. The van der Waals surface area contributed by atoms with Crippen LogP contribution in [0.3, 0.4) is 0 Å². The molecule has 4 N–H and O–H groups in total. The molecule has 1 heterocycles. The van der Waals surface area contributed by atoms with Gasteiger partial charge in [0.25, 0.3) is 5.91 Å². The standard InChI is InChI=1S/C36H59N5O7S/c1-11-13-17-24(27(42)30(44)37-20-12-2)38-29(43)26-25-23(35(25,9)10)21-41(26)31(45)28(33(3,4)5)39-32(46)40-36(18-15-14-16-19-36)22-49(47,48)34(6,7)8/h1,23-26,28H,12-22H2,2-10H3,(H,37,44)(H,38,43)(H2,39,40,46)/t23-,24?,25?,26-,28+/m0/s1. The summed E-state index contributed by atoms with van der Waals surface area (Å²) in [6, 6.07) is -3.77. The van der Waals surface area contributed by atoms with Gasteiger partial charge in [0, 0.05) is 19.5 Å². The SMILES string of the molecule is C#CCCC(NC(=O)[C@@H]1C2[C@H](CN1C(=O)[C@@H](NC(=O)NC1(CS(=O)(=O)C(C)(C)C)CCCCC1)C(C)(C)C)C2(C)C)C(=O)C(=O)NCCC. The molecule has 3 fully saturated rings. The minimum Gasteiger partial charge on any atom is -0.349 e. The van der Waals surface area contributed by atoms with E-state index in [1.165, 1.54) is 4.90 Å². The van der Waals surface area contributed by atoms with Crippen molar-refractivity contribution in [2.45, 2.75) is 142 Å². The lowest BCUT2D eigenvalue weighted by Gasteiger charge is -2.41. The van der Waals surface area contributed by atoms with E-state index in [9.17, 15) is 32.4 Å². The average Bonchev–Trinajstić information content (AvgIpc) is 3.30. The molecule has 1 saturated heterocycles. The summed E-state index contributed by atoms with van der Waals surface area (Å²) in [5, 5.41) is 11.2. The number of rotatable bonds is 13. The van der Waals surface area contributed by atoms with Crippen molar-refractivity contribution in [1.29, 1.82) is 0 Å². The van der Waals surface area contributed by atoms with Crippen LogP contribution in [0, 0.1) is 35.0 Å². The number of ketones is 1. The zero-order valence-corrected chi connectivity index (χ0v) is 31.8. The normalized spacial score (nSPS) is 24.0. The van der Waals surface area contributed by atoms with Crippen molar-refractivity contribution in [2.24, 2.45) is 22.7 Å². The highest BCUT2D eigenvalue weighted by Gasteiger charge is 2.70. The summed E-state index contributed by atoms with van der Waals surface area (Å²) >= 11 is 0. The molecule has 49 heavy (non-hydrogen) atoms. The van der Waals surface area contributed by atoms with Crippen LogP contribution in [-0.4, -0.2) is 90.1 Å². The maximum absolute atomic E-state index is 14.4. The van der Waals surface area contributed by atoms with E-state index in [1.54, 1.807) is 20.8 Å². The van der Waals surface area contributed by atoms with E-state index < -0.39 is 73.2 Å². The number of carbonyl (C=O) groups excluding carboxylic acids is 5. The lowest BCUT2D eigenvalue weighted by Crippen LogP contribution is -2.64. The van der Waals surface area contributed by atoms with Crippen molar-refractivity contribution < 1.29 is 32.4 Å². The van der Waals surface area contributed by atoms with Gasteiger partial charge in [0.2, 0.25) is 17.6 Å². The van der Waals surface area contributed by atoms with Gasteiger partial charge in [0.05, 0.1) is 22.1 Å². The number of hydrogen-bond donors (Lipinski definition) is 4. The first-order valence-corrected chi connectivity index (χ1v) is 19.4. The number of nitrogens with zero attached hydrogens (tertiary/aromatic N) is 1. The third-order valence-corrected chi connectivity index (χ3v) is 13.5. The number of piperidine rings is 1. The second-order valence-electron chi connectivity index (χ2n) is 16.9. The molecular formula is C36H59N5O7S. The first-order chi connectivity index (χ1) is 22.5. The monoisotopic (exact) mass is 705 g/mol. The molecule has 13 heteroatoms. The second-order valence-corrected chi connectivity index (χ2v) is 19.7. The van der Waals surface area contributed by atoms with Crippen LogP contribution < -0.4 is 21.3 Å². The van der Waals surface area contributed by atoms with Crippen molar-refractivity contribution >= 4 is 39.4 Å².